The quantitative estimate of drug-likeness (QED) is 0.753. The third kappa shape index (κ3) is 5.20. The summed E-state index contributed by atoms with van der Waals surface area (Å²) in [5.74, 6) is 0.624. The lowest BCUT2D eigenvalue weighted by atomic mass is 10.1. The maximum atomic E-state index is 12.3. The first-order valence-corrected chi connectivity index (χ1v) is 8.91. The van der Waals surface area contributed by atoms with Crippen LogP contribution in [-0.4, -0.2) is 36.1 Å². The normalized spacial score (nSPS) is 10.2. The first-order chi connectivity index (χ1) is 12.4. The minimum atomic E-state index is -0.123. The van der Waals surface area contributed by atoms with Gasteiger partial charge in [-0.25, -0.2) is 0 Å². The van der Waals surface area contributed by atoms with E-state index in [1.807, 2.05) is 30.9 Å². The zero-order valence-corrected chi connectivity index (χ0v) is 16.4. The standard InChI is InChI=1S/C20H25N3O2S/c1-5-23(20(26)22-18-8-6-7-14(2)15(18)3)13-19(24)21-16-9-11-17(25-4)12-10-16/h6-12H,5,13H2,1-4H3,(H,21,24)(H,22,26). The highest BCUT2D eigenvalue weighted by molar-refractivity contribution is 7.80. The van der Waals surface area contributed by atoms with Gasteiger partial charge in [0.25, 0.3) is 0 Å². The zero-order valence-electron chi connectivity index (χ0n) is 15.6. The van der Waals surface area contributed by atoms with Crippen LogP contribution in [0.4, 0.5) is 11.4 Å². The molecule has 6 heteroatoms. The number of carbonyl (C=O) groups is 1. The molecular weight excluding hydrogens is 346 g/mol. The summed E-state index contributed by atoms with van der Waals surface area (Å²) in [6.45, 7) is 6.89. The number of amides is 1. The molecule has 0 aliphatic rings. The van der Waals surface area contributed by atoms with E-state index < -0.39 is 0 Å². The fraction of sp³-hybridized carbons (Fsp3) is 0.300. The van der Waals surface area contributed by atoms with Crippen LogP contribution in [0.15, 0.2) is 42.5 Å². The van der Waals surface area contributed by atoms with Crippen molar-refractivity contribution in [1.82, 2.24) is 4.90 Å². The molecule has 5 nitrogen and oxygen atoms in total. The van der Waals surface area contributed by atoms with Gasteiger partial charge in [-0.3, -0.25) is 4.79 Å². The monoisotopic (exact) mass is 371 g/mol. The molecule has 0 aliphatic carbocycles. The van der Waals surface area contributed by atoms with Crippen LogP contribution in [0.25, 0.3) is 0 Å². The average Bonchev–Trinajstić information content (AvgIpc) is 2.64. The lowest BCUT2D eigenvalue weighted by Gasteiger charge is -2.24. The van der Waals surface area contributed by atoms with Gasteiger partial charge in [-0.1, -0.05) is 12.1 Å². The molecule has 0 aromatic heterocycles. The second kappa shape index (κ2) is 9.20. The smallest absolute Gasteiger partial charge is 0.243 e. The van der Waals surface area contributed by atoms with Crippen molar-refractivity contribution in [2.24, 2.45) is 0 Å². The second-order valence-corrected chi connectivity index (χ2v) is 6.36. The van der Waals surface area contributed by atoms with Crippen molar-refractivity contribution >= 4 is 34.6 Å². The van der Waals surface area contributed by atoms with Gasteiger partial charge in [0.1, 0.15) is 5.75 Å². The Balaban J connectivity index is 1.97. The number of methoxy groups -OCH3 is 1. The van der Waals surface area contributed by atoms with Crippen LogP contribution >= 0.6 is 12.2 Å². The number of hydrogen-bond acceptors (Lipinski definition) is 3. The minimum Gasteiger partial charge on any atom is -0.497 e. The number of likely N-dealkylation sites (N-methyl/N-ethyl adjacent to an activating group) is 1. The van der Waals surface area contributed by atoms with Crippen LogP contribution in [0.3, 0.4) is 0 Å². The van der Waals surface area contributed by atoms with E-state index in [9.17, 15) is 4.79 Å². The number of hydrogen-bond donors (Lipinski definition) is 2. The van der Waals surface area contributed by atoms with Gasteiger partial charge < -0.3 is 20.3 Å². The Morgan fingerprint density at radius 2 is 1.81 bits per heavy atom. The van der Waals surface area contributed by atoms with Gasteiger partial charge in [0, 0.05) is 17.9 Å². The zero-order chi connectivity index (χ0) is 19.1. The Kier molecular flexibility index (Phi) is 6.97. The summed E-state index contributed by atoms with van der Waals surface area (Å²) >= 11 is 5.49. The number of benzene rings is 2. The molecule has 26 heavy (non-hydrogen) atoms. The predicted molar refractivity (Wildman–Crippen MR) is 111 cm³/mol. The molecule has 0 radical (unpaired) electrons. The van der Waals surface area contributed by atoms with Gasteiger partial charge >= 0.3 is 0 Å². The number of carbonyl (C=O) groups excluding carboxylic acids is 1. The molecule has 0 fully saturated rings. The first kappa shape index (κ1) is 19.7. The van der Waals surface area contributed by atoms with Crippen molar-refractivity contribution in [1.29, 1.82) is 0 Å². The molecule has 0 heterocycles. The number of nitrogens with zero attached hydrogens (tertiary/aromatic N) is 1. The van der Waals surface area contributed by atoms with Crippen molar-refractivity contribution in [3.05, 3.63) is 53.6 Å². The largest absolute Gasteiger partial charge is 0.497 e. The summed E-state index contributed by atoms with van der Waals surface area (Å²) in [6.07, 6.45) is 0. The topological polar surface area (TPSA) is 53.6 Å². The molecule has 2 rings (SSSR count). The molecule has 0 saturated carbocycles. The molecule has 0 spiro atoms. The van der Waals surface area contributed by atoms with E-state index >= 15 is 0 Å². The fourth-order valence-electron chi connectivity index (χ4n) is 2.46. The van der Waals surface area contributed by atoms with Gasteiger partial charge in [-0.05, 0) is 74.4 Å². The molecule has 0 aliphatic heterocycles. The number of thiocarbonyl (C=S) groups is 1. The molecule has 0 unspecified atom stereocenters. The van der Waals surface area contributed by atoms with E-state index in [0.29, 0.717) is 11.7 Å². The maximum Gasteiger partial charge on any atom is 0.243 e. The summed E-state index contributed by atoms with van der Waals surface area (Å²) in [5, 5.41) is 6.65. The van der Waals surface area contributed by atoms with E-state index in [2.05, 4.69) is 23.6 Å². The maximum absolute atomic E-state index is 12.3. The third-order valence-electron chi connectivity index (χ3n) is 4.22. The van der Waals surface area contributed by atoms with Crippen LogP contribution < -0.4 is 15.4 Å². The van der Waals surface area contributed by atoms with Crippen molar-refractivity contribution in [3.8, 4) is 5.75 Å². The van der Waals surface area contributed by atoms with Gasteiger partial charge in [0.2, 0.25) is 5.91 Å². The van der Waals surface area contributed by atoms with E-state index in [4.69, 9.17) is 17.0 Å². The highest BCUT2D eigenvalue weighted by Crippen LogP contribution is 2.19. The molecule has 0 bridgehead atoms. The van der Waals surface area contributed by atoms with Crippen LogP contribution in [0.2, 0.25) is 0 Å². The van der Waals surface area contributed by atoms with Gasteiger partial charge in [-0.2, -0.15) is 0 Å². The first-order valence-electron chi connectivity index (χ1n) is 8.50. The average molecular weight is 372 g/mol. The Hall–Kier alpha value is -2.60. The van der Waals surface area contributed by atoms with Gasteiger partial charge in [0.15, 0.2) is 5.11 Å². The van der Waals surface area contributed by atoms with E-state index in [0.717, 1.165) is 22.7 Å². The van der Waals surface area contributed by atoms with Crippen LogP contribution in [-0.2, 0) is 4.79 Å². The van der Waals surface area contributed by atoms with Crippen LogP contribution in [0, 0.1) is 13.8 Å². The van der Waals surface area contributed by atoms with Crippen LogP contribution in [0.1, 0.15) is 18.1 Å². The number of rotatable bonds is 6. The number of aryl methyl sites for hydroxylation is 1. The van der Waals surface area contributed by atoms with E-state index in [1.165, 1.54) is 5.56 Å². The number of ether oxygens (including phenoxy) is 1. The van der Waals surface area contributed by atoms with Crippen LogP contribution in [0.5, 0.6) is 5.75 Å². The molecule has 0 atom stereocenters. The molecule has 2 N–H and O–H groups in total. The summed E-state index contributed by atoms with van der Waals surface area (Å²) in [7, 11) is 1.61. The van der Waals surface area contributed by atoms with Crippen molar-refractivity contribution < 1.29 is 9.53 Å². The SMILES string of the molecule is CCN(CC(=O)Nc1ccc(OC)cc1)C(=S)Nc1cccc(C)c1C. The Bertz CT molecular complexity index is 775. The number of nitrogens with one attached hydrogen (secondary N) is 2. The third-order valence-corrected chi connectivity index (χ3v) is 4.58. The summed E-state index contributed by atoms with van der Waals surface area (Å²) in [5.41, 5.74) is 4.02. The molecule has 0 saturated heterocycles. The molecule has 138 valence electrons. The van der Waals surface area contributed by atoms with Gasteiger partial charge in [-0.15, -0.1) is 0 Å². The Morgan fingerprint density at radius 1 is 1.12 bits per heavy atom. The molecule has 2 aromatic rings. The molecule has 1 amide bonds. The van der Waals surface area contributed by atoms with Crippen molar-refractivity contribution in [2.75, 3.05) is 30.8 Å². The molecular formula is C20H25N3O2S. The summed E-state index contributed by atoms with van der Waals surface area (Å²) < 4.78 is 5.12. The fourth-order valence-corrected chi connectivity index (χ4v) is 2.76. The lowest BCUT2D eigenvalue weighted by molar-refractivity contribution is -0.116. The van der Waals surface area contributed by atoms with Gasteiger partial charge in [0.05, 0.1) is 13.7 Å². The van der Waals surface area contributed by atoms with Crippen molar-refractivity contribution in [3.63, 3.8) is 0 Å². The molecule has 2 aromatic carbocycles. The van der Waals surface area contributed by atoms with E-state index in [1.54, 1.807) is 31.4 Å². The second-order valence-electron chi connectivity index (χ2n) is 5.97. The Labute approximate surface area is 160 Å². The highest BCUT2D eigenvalue weighted by atomic mass is 32.1. The van der Waals surface area contributed by atoms with E-state index in [-0.39, 0.29) is 12.5 Å². The Morgan fingerprint density at radius 3 is 2.42 bits per heavy atom. The summed E-state index contributed by atoms with van der Waals surface area (Å²) in [6, 6.07) is 13.3. The minimum absolute atomic E-state index is 0.123. The predicted octanol–water partition coefficient (Wildman–Crippen LogP) is 3.97. The highest BCUT2D eigenvalue weighted by Gasteiger charge is 2.14. The summed E-state index contributed by atoms with van der Waals surface area (Å²) in [4.78, 5) is 14.2. The van der Waals surface area contributed by atoms with Crippen molar-refractivity contribution in [2.45, 2.75) is 20.8 Å². The number of anilines is 2. The lowest BCUT2D eigenvalue weighted by Crippen LogP contribution is -2.40.